The zero-order chi connectivity index (χ0) is 17.3. The molecule has 1 unspecified atom stereocenters. The van der Waals surface area contributed by atoms with Crippen LogP contribution in [0.25, 0.3) is 0 Å². The Morgan fingerprint density at radius 3 is 2.79 bits per heavy atom. The smallest absolute Gasteiger partial charge is 0.272 e. The molecule has 2 heterocycles. The monoisotopic (exact) mass is 346 g/mol. The number of rotatable bonds is 3. The van der Waals surface area contributed by atoms with Gasteiger partial charge in [0, 0.05) is 31.7 Å². The van der Waals surface area contributed by atoms with Crippen molar-refractivity contribution in [3.05, 3.63) is 52.3 Å². The van der Waals surface area contributed by atoms with Crippen LogP contribution in [-0.2, 0) is 7.05 Å². The highest BCUT2D eigenvalue weighted by atomic mass is 35.5. The summed E-state index contributed by atoms with van der Waals surface area (Å²) in [6.07, 6.45) is 0. The average molecular weight is 347 g/mol. The van der Waals surface area contributed by atoms with E-state index < -0.39 is 0 Å². The standard InChI is InChI=1S/C18H23ClN4O/c1-12(2)15-10-16(22(3)21-15)18(24)23-9-8-20-11-17(23)13-6-4-5-7-14(13)19/h4-7,10,12,17,20H,8-9,11H2,1-3H3. The van der Waals surface area contributed by atoms with E-state index in [1.165, 1.54) is 0 Å². The van der Waals surface area contributed by atoms with Gasteiger partial charge in [-0.05, 0) is 23.6 Å². The summed E-state index contributed by atoms with van der Waals surface area (Å²) in [6.45, 7) is 6.28. The van der Waals surface area contributed by atoms with Gasteiger partial charge < -0.3 is 10.2 Å². The fourth-order valence-corrected chi connectivity index (χ4v) is 3.35. The summed E-state index contributed by atoms with van der Waals surface area (Å²) < 4.78 is 1.68. The van der Waals surface area contributed by atoms with Crippen molar-refractivity contribution in [1.82, 2.24) is 20.0 Å². The molecule has 1 aromatic carbocycles. The van der Waals surface area contributed by atoms with E-state index in [4.69, 9.17) is 11.6 Å². The van der Waals surface area contributed by atoms with Crippen molar-refractivity contribution in [1.29, 1.82) is 0 Å². The normalized spacial score (nSPS) is 18.2. The number of hydrogen-bond donors (Lipinski definition) is 1. The topological polar surface area (TPSA) is 50.2 Å². The first-order valence-electron chi connectivity index (χ1n) is 8.29. The van der Waals surface area contributed by atoms with Gasteiger partial charge in [-0.1, -0.05) is 43.6 Å². The van der Waals surface area contributed by atoms with E-state index in [1.54, 1.807) is 4.68 Å². The molecule has 0 saturated carbocycles. The third kappa shape index (κ3) is 3.19. The molecule has 1 saturated heterocycles. The first-order valence-corrected chi connectivity index (χ1v) is 8.67. The van der Waals surface area contributed by atoms with Gasteiger partial charge in [-0.2, -0.15) is 5.10 Å². The lowest BCUT2D eigenvalue weighted by molar-refractivity contribution is 0.0623. The van der Waals surface area contributed by atoms with Crippen LogP contribution in [0.15, 0.2) is 30.3 Å². The van der Waals surface area contributed by atoms with Crippen LogP contribution in [0.4, 0.5) is 0 Å². The molecule has 0 aliphatic carbocycles. The Labute approximate surface area is 147 Å². The van der Waals surface area contributed by atoms with Crippen LogP contribution >= 0.6 is 11.6 Å². The number of piperazine rings is 1. The number of halogens is 1. The van der Waals surface area contributed by atoms with Crippen molar-refractivity contribution in [2.75, 3.05) is 19.6 Å². The lowest BCUT2D eigenvalue weighted by atomic mass is 10.0. The van der Waals surface area contributed by atoms with Gasteiger partial charge >= 0.3 is 0 Å². The number of nitrogens with one attached hydrogen (secondary N) is 1. The molecule has 128 valence electrons. The Morgan fingerprint density at radius 1 is 1.38 bits per heavy atom. The van der Waals surface area contributed by atoms with Crippen molar-refractivity contribution < 1.29 is 4.79 Å². The number of nitrogens with zero attached hydrogens (tertiary/aromatic N) is 3. The lowest BCUT2D eigenvalue weighted by Gasteiger charge is -2.36. The molecule has 1 aliphatic heterocycles. The number of aryl methyl sites for hydroxylation is 1. The van der Waals surface area contributed by atoms with Crippen molar-refractivity contribution in [3.8, 4) is 0 Å². The molecule has 1 atom stereocenters. The minimum atomic E-state index is -0.0719. The molecule has 3 rings (SSSR count). The SMILES string of the molecule is CC(C)c1cc(C(=O)N2CCNCC2c2ccccc2Cl)n(C)n1. The van der Waals surface area contributed by atoms with Gasteiger partial charge in [0.05, 0.1) is 11.7 Å². The van der Waals surface area contributed by atoms with Crippen LogP contribution in [0, 0.1) is 0 Å². The highest BCUT2D eigenvalue weighted by Crippen LogP contribution is 2.29. The van der Waals surface area contributed by atoms with Gasteiger partial charge in [0.15, 0.2) is 0 Å². The average Bonchev–Trinajstić information content (AvgIpc) is 2.97. The third-order valence-electron chi connectivity index (χ3n) is 4.48. The van der Waals surface area contributed by atoms with Crippen LogP contribution in [0.1, 0.15) is 47.6 Å². The van der Waals surface area contributed by atoms with E-state index in [9.17, 15) is 4.79 Å². The minimum absolute atomic E-state index is 0.00307. The number of aromatic nitrogens is 2. The fourth-order valence-electron chi connectivity index (χ4n) is 3.09. The van der Waals surface area contributed by atoms with Gasteiger partial charge in [0.1, 0.15) is 5.69 Å². The second kappa shape index (κ2) is 6.95. The molecule has 1 amide bonds. The van der Waals surface area contributed by atoms with E-state index in [2.05, 4.69) is 24.3 Å². The van der Waals surface area contributed by atoms with Gasteiger partial charge in [-0.25, -0.2) is 0 Å². The molecule has 1 N–H and O–H groups in total. The third-order valence-corrected chi connectivity index (χ3v) is 4.82. The second-order valence-corrected chi connectivity index (χ2v) is 6.88. The summed E-state index contributed by atoms with van der Waals surface area (Å²) in [5.41, 5.74) is 2.54. The zero-order valence-electron chi connectivity index (χ0n) is 14.3. The minimum Gasteiger partial charge on any atom is -0.328 e. The maximum Gasteiger partial charge on any atom is 0.272 e. The number of carbonyl (C=O) groups is 1. The molecular formula is C18H23ClN4O. The molecule has 0 bridgehead atoms. The molecule has 0 radical (unpaired) electrons. The molecule has 1 aliphatic rings. The van der Waals surface area contributed by atoms with Crippen LogP contribution < -0.4 is 5.32 Å². The van der Waals surface area contributed by atoms with Crippen LogP contribution in [0.2, 0.25) is 5.02 Å². The van der Waals surface area contributed by atoms with Crippen molar-refractivity contribution >= 4 is 17.5 Å². The summed E-state index contributed by atoms with van der Waals surface area (Å²) in [6, 6.07) is 9.55. The summed E-state index contributed by atoms with van der Waals surface area (Å²) in [5, 5.41) is 8.52. The summed E-state index contributed by atoms with van der Waals surface area (Å²) in [5.74, 6) is 0.295. The molecule has 0 spiro atoms. The molecule has 6 heteroatoms. The maximum atomic E-state index is 13.1. The first kappa shape index (κ1) is 17.0. The quantitative estimate of drug-likeness (QED) is 0.929. The predicted octanol–water partition coefficient (Wildman–Crippen LogP) is 2.98. The number of benzene rings is 1. The van der Waals surface area contributed by atoms with Gasteiger partial charge in [0.25, 0.3) is 5.91 Å². The number of amides is 1. The van der Waals surface area contributed by atoms with E-state index in [0.29, 0.717) is 29.7 Å². The van der Waals surface area contributed by atoms with E-state index in [-0.39, 0.29) is 11.9 Å². The van der Waals surface area contributed by atoms with E-state index in [0.717, 1.165) is 17.8 Å². The Morgan fingerprint density at radius 2 is 2.12 bits per heavy atom. The first-order chi connectivity index (χ1) is 11.5. The Hall–Kier alpha value is -1.85. The van der Waals surface area contributed by atoms with Crippen molar-refractivity contribution in [2.24, 2.45) is 7.05 Å². The fraction of sp³-hybridized carbons (Fsp3) is 0.444. The lowest BCUT2D eigenvalue weighted by Crippen LogP contribution is -2.49. The van der Waals surface area contributed by atoms with Crippen molar-refractivity contribution in [3.63, 3.8) is 0 Å². The number of hydrogen-bond acceptors (Lipinski definition) is 3. The Bertz CT molecular complexity index is 740. The molecule has 24 heavy (non-hydrogen) atoms. The molecule has 2 aromatic rings. The zero-order valence-corrected chi connectivity index (χ0v) is 15.0. The summed E-state index contributed by atoms with van der Waals surface area (Å²) >= 11 is 6.37. The number of carbonyl (C=O) groups excluding carboxylic acids is 1. The van der Waals surface area contributed by atoms with E-state index >= 15 is 0 Å². The maximum absolute atomic E-state index is 13.1. The van der Waals surface area contributed by atoms with Crippen LogP contribution in [0.3, 0.4) is 0 Å². The van der Waals surface area contributed by atoms with Gasteiger partial charge in [-0.3, -0.25) is 9.48 Å². The highest BCUT2D eigenvalue weighted by molar-refractivity contribution is 6.31. The second-order valence-electron chi connectivity index (χ2n) is 6.47. The van der Waals surface area contributed by atoms with Crippen LogP contribution in [-0.4, -0.2) is 40.2 Å². The van der Waals surface area contributed by atoms with Gasteiger partial charge in [-0.15, -0.1) is 0 Å². The summed E-state index contributed by atoms with van der Waals surface area (Å²) in [7, 11) is 1.83. The molecule has 1 aromatic heterocycles. The summed E-state index contributed by atoms with van der Waals surface area (Å²) in [4.78, 5) is 15.0. The van der Waals surface area contributed by atoms with Crippen LogP contribution in [0.5, 0.6) is 0 Å². The molecule has 5 nitrogen and oxygen atoms in total. The largest absolute Gasteiger partial charge is 0.328 e. The van der Waals surface area contributed by atoms with Crippen molar-refractivity contribution in [2.45, 2.75) is 25.8 Å². The molecular weight excluding hydrogens is 324 g/mol. The highest BCUT2D eigenvalue weighted by Gasteiger charge is 2.31. The Kier molecular flexibility index (Phi) is 4.92. The Balaban J connectivity index is 1.93. The molecule has 1 fully saturated rings. The van der Waals surface area contributed by atoms with E-state index in [1.807, 2.05) is 42.3 Å². The predicted molar refractivity (Wildman–Crippen MR) is 95.4 cm³/mol. The van der Waals surface area contributed by atoms with Gasteiger partial charge in [0.2, 0.25) is 0 Å².